The Morgan fingerprint density at radius 3 is 2.56 bits per heavy atom. The van der Waals surface area contributed by atoms with E-state index in [1.54, 1.807) is 4.90 Å². The number of ether oxygens (including phenoxy) is 1. The summed E-state index contributed by atoms with van der Waals surface area (Å²) in [6.45, 7) is 2.52. The number of halogens is 3. The van der Waals surface area contributed by atoms with Crippen LogP contribution in [0.3, 0.4) is 0 Å². The molecule has 3 heterocycles. The van der Waals surface area contributed by atoms with Crippen molar-refractivity contribution in [1.82, 2.24) is 15.3 Å². The van der Waals surface area contributed by atoms with Crippen LogP contribution in [0.15, 0.2) is 12.1 Å². The first-order chi connectivity index (χ1) is 16.2. The smallest absolute Gasteiger partial charge is 0.410 e. The molecule has 1 aromatic carbocycles. The molecule has 1 saturated carbocycles. The molecular weight excluding hydrogens is 453 g/mol. The maximum atomic E-state index is 13.3. The number of anilines is 3. The standard InChI is InChI=1S/C22H23F3N6O3/c1-10-20(32)31-5-3-4-16-18(31)19(30(10)2)29-21(28-16)26-11-6-12(7-11)27-22(33)34-13-8-14(23)17(25)15(24)9-13/h8-12H,3-7H2,1-2H3,(H,27,33)(H,26,28,29)/t10-,11-,12-/m0/s1. The minimum absolute atomic E-state index is 0.00362. The number of nitrogens with zero attached hydrogens (tertiary/aromatic N) is 4. The highest BCUT2D eigenvalue weighted by atomic mass is 19.2. The summed E-state index contributed by atoms with van der Waals surface area (Å²) in [7, 11) is 1.84. The molecule has 0 unspecified atom stereocenters. The molecule has 3 aliphatic rings. The molecule has 180 valence electrons. The lowest BCUT2D eigenvalue weighted by Crippen LogP contribution is -2.53. The second kappa shape index (κ2) is 8.33. The van der Waals surface area contributed by atoms with Crippen LogP contribution in [-0.4, -0.2) is 53.7 Å². The van der Waals surface area contributed by atoms with E-state index in [4.69, 9.17) is 4.74 Å². The molecule has 2 N–H and O–H groups in total. The maximum absolute atomic E-state index is 13.3. The van der Waals surface area contributed by atoms with Crippen LogP contribution in [0.5, 0.6) is 5.75 Å². The lowest BCUT2D eigenvalue weighted by molar-refractivity contribution is -0.119. The number of aromatic nitrogens is 2. The van der Waals surface area contributed by atoms with E-state index < -0.39 is 29.3 Å². The van der Waals surface area contributed by atoms with Crippen molar-refractivity contribution >= 4 is 29.5 Å². The van der Waals surface area contributed by atoms with Crippen LogP contribution in [0.25, 0.3) is 0 Å². The van der Waals surface area contributed by atoms with Crippen LogP contribution in [0.2, 0.25) is 0 Å². The van der Waals surface area contributed by atoms with Crippen LogP contribution < -0.4 is 25.2 Å². The van der Waals surface area contributed by atoms with E-state index in [-0.39, 0.29) is 24.0 Å². The van der Waals surface area contributed by atoms with Gasteiger partial charge in [0.1, 0.15) is 17.5 Å². The number of rotatable bonds is 4. The van der Waals surface area contributed by atoms with Crippen molar-refractivity contribution < 1.29 is 27.5 Å². The zero-order chi connectivity index (χ0) is 24.1. The molecule has 34 heavy (non-hydrogen) atoms. The van der Waals surface area contributed by atoms with Gasteiger partial charge in [0.15, 0.2) is 23.3 Å². The van der Waals surface area contributed by atoms with Gasteiger partial charge >= 0.3 is 6.09 Å². The van der Waals surface area contributed by atoms with Crippen LogP contribution >= 0.6 is 0 Å². The average molecular weight is 476 g/mol. The maximum Gasteiger partial charge on any atom is 0.412 e. The first-order valence-corrected chi connectivity index (χ1v) is 11.1. The first-order valence-electron chi connectivity index (χ1n) is 11.1. The quantitative estimate of drug-likeness (QED) is 0.655. The van der Waals surface area contributed by atoms with Gasteiger partial charge in [-0.1, -0.05) is 0 Å². The Hall–Kier alpha value is -3.57. The van der Waals surface area contributed by atoms with Crippen molar-refractivity contribution in [2.24, 2.45) is 0 Å². The number of aryl methyl sites for hydroxylation is 1. The molecule has 0 radical (unpaired) electrons. The monoisotopic (exact) mass is 476 g/mol. The molecule has 2 aromatic rings. The lowest BCUT2D eigenvalue weighted by atomic mass is 9.87. The fourth-order valence-corrected chi connectivity index (χ4v) is 4.49. The highest BCUT2D eigenvalue weighted by Crippen LogP contribution is 2.40. The van der Waals surface area contributed by atoms with E-state index >= 15 is 0 Å². The normalized spacial score (nSPS) is 23.2. The minimum Gasteiger partial charge on any atom is -0.410 e. The molecule has 2 amide bonds. The van der Waals surface area contributed by atoms with Crippen LogP contribution in [0, 0.1) is 17.5 Å². The van der Waals surface area contributed by atoms with Gasteiger partial charge in [0, 0.05) is 37.8 Å². The van der Waals surface area contributed by atoms with Crippen molar-refractivity contribution in [3.63, 3.8) is 0 Å². The van der Waals surface area contributed by atoms with Gasteiger partial charge in [-0.15, -0.1) is 0 Å². The summed E-state index contributed by atoms with van der Waals surface area (Å²) < 4.78 is 44.4. The molecule has 0 bridgehead atoms. The molecule has 1 fully saturated rings. The molecule has 5 rings (SSSR count). The van der Waals surface area contributed by atoms with E-state index in [0.29, 0.717) is 37.5 Å². The Morgan fingerprint density at radius 2 is 1.85 bits per heavy atom. The van der Waals surface area contributed by atoms with E-state index in [0.717, 1.165) is 30.0 Å². The molecule has 0 spiro atoms. The van der Waals surface area contributed by atoms with Gasteiger partial charge < -0.3 is 25.2 Å². The summed E-state index contributed by atoms with van der Waals surface area (Å²) in [5.41, 5.74) is 1.62. The summed E-state index contributed by atoms with van der Waals surface area (Å²) in [4.78, 5) is 37.6. The van der Waals surface area contributed by atoms with E-state index in [2.05, 4.69) is 20.6 Å². The topological polar surface area (TPSA) is 99.7 Å². The second-order valence-electron chi connectivity index (χ2n) is 8.79. The van der Waals surface area contributed by atoms with Gasteiger partial charge in [-0.3, -0.25) is 4.79 Å². The zero-order valence-corrected chi connectivity index (χ0v) is 18.6. The number of nitrogens with one attached hydrogen (secondary N) is 2. The molecule has 1 aliphatic carbocycles. The summed E-state index contributed by atoms with van der Waals surface area (Å²) in [6.07, 6.45) is 1.84. The third-order valence-electron chi connectivity index (χ3n) is 6.50. The van der Waals surface area contributed by atoms with Crippen molar-refractivity contribution in [2.75, 3.05) is 28.7 Å². The Morgan fingerprint density at radius 1 is 1.15 bits per heavy atom. The minimum atomic E-state index is -1.63. The zero-order valence-electron chi connectivity index (χ0n) is 18.6. The molecule has 0 saturated heterocycles. The van der Waals surface area contributed by atoms with Crippen molar-refractivity contribution in [3.05, 3.63) is 35.3 Å². The SMILES string of the molecule is C[C@H]1C(=O)N2CCCc3nc(N[C@H]4C[C@H](NC(=O)Oc5cc(F)c(F)c(F)c5)C4)nc(c32)N1C. The van der Waals surface area contributed by atoms with Crippen molar-refractivity contribution in [3.8, 4) is 5.75 Å². The van der Waals surface area contributed by atoms with Gasteiger partial charge in [-0.05, 0) is 32.6 Å². The summed E-state index contributed by atoms with van der Waals surface area (Å²) in [5, 5.41) is 5.88. The highest BCUT2D eigenvalue weighted by Gasteiger charge is 2.39. The molecule has 9 nitrogen and oxygen atoms in total. The summed E-state index contributed by atoms with van der Waals surface area (Å²) >= 11 is 0. The van der Waals surface area contributed by atoms with Gasteiger partial charge in [-0.25, -0.2) is 22.9 Å². The van der Waals surface area contributed by atoms with Gasteiger partial charge in [0.05, 0.1) is 5.69 Å². The Balaban J connectivity index is 1.20. The third-order valence-corrected chi connectivity index (χ3v) is 6.50. The third kappa shape index (κ3) is 3.86. The average Bonchev–Trinajstić information content (AvgIpc) is 2.77. The summed E-state index contributed by atoms with van der Waals surface area (Å²) in [6, 6.07) is 0.689. The predicted octanol–water partition coefficient (Wildman–Crippen LogP) is 2.74. The Kier molecular flexibility index (Phi) is 5.45. The molecule has 1 aromatic heterocycles. The fraction of sp³-hybridized carbons (Fsp3) is 0.455. The van der Waals surface area contributed by atoms with E-state index in [1.165, 1.54) is 0 Å². The number of carbonyl (C=O) groups excluding carboxylic acids is 2. The number of hydrogen-bond donors (Lipinski definition) is 2. The predicted molar refractivity (Wildman–Crippen MR) is 116 cm³/mol. The first kappa shape index (κ1) is 22.2. The number of likely N-dealkylation sites (N-methyl/N-ethyl adjacent to an activating group) is 1. The summed E-state index contributed by atoms with van der Waals surface area (Å²) in [5.74, 6) is -3.70. The lowest BCUT2D eigenvalue weighted by Gasteiger charge is -2.42. The number of benzene rings is 1. The molecular formula is C22H23F3N6O3. The van der Waals surface area contributed by atoms with Crippen molar-refractivity contribution in [2.45, 2.75) is 50.7 Å². The molecule has 12 heteroatoms. The van der Waals surface area contributed by atoms with E-state index in [1.807, 2.05) is 18.9 Å². The second-order valence-corrected chi connectivity index (χ2v) is 8.79. The number of amides is 2. The molecule has 1 atom stereocenters. The van der Waals surface area contributed by atoms with Crippen LogP contribution in [-0.2, 0) is 11.2 Å². The molecule has 2 aliphatic heterocycles. The number of hydrogen-bond acceptors (Lipinski definition) is 7. The fourth-order valence-electron chi connectivity index (χ4n) is 4.49. The van der Waals surface area contributed by atoms with Gasteiger partial charge in [0.25, 0.3) is 0 Å². The van der Waals surface area contributed by atoms with Crippen molar-refractivity contribution in [1.29, 1.82) is 0 Å². The largest absolute Gasteiger partial charge is 0.412 e. The highest BCUT2D eigenvalue weighted by molar-refractivity contribution is 6.05. The van der Waals surface area contributed by atoms with Crippen LogP contribution in [0.1, 0.15) is 31.9 Å². The Bertz CT molecular complexity index is 1150. The van der Waals surface area contributed by atoms with E-state index in [9.17, 15) is 22.8 Å². The van der Waals surface area contributed by atoms with Gasteiger partial charge in [-0.2, -0.15) is 4.98 Å². The Labute approximate surface area is 193 Å². The van der Waals surface area contributed by atoms with Crippen LogP contribution in [0.4, 0.5) is 35.4 Å². The van der Waals surface area contributed by atoms with Gasteiger partial charge in [0.2, 0.25) is 11.9 Å². The number of carbonyl (C=O) groups is 2.